The van der Waals surface area contributed by atoms with E-state index in [-0.39, 0.29) is 18.0 Å². The van der Waals surface area contributed by atoms with Crippen LogP contribution < -0.4 is 9.64 Å². The molecular weight excluding hydrogens is 282 g/mol. The first-order valence-electron chi connectivity index (χ1n) is 7.69. The average molecular weight is 305 g/mol. The van der Waals surface area contributed by atoms with Gasteiger partial charge in [0, 0.05) is 13.3 Å². The Morgan fingerprint density at radius 2 is 2.18 bits per heavy atom. The van der Waals surface area contributed by atoms with Gasteiger partial charge in [0.1, 0.15) is 11.9 Å². The van der Waals surface area contributed by atoms with Gasteiger partial charge in [-0.2, -0.15) is 0 Å². The van der Waals surface area contributed by atoms with Crippen LogP contribution >= 0.6 is 0 Å². The minimum absolute atomic E-state index is 0.0229. The lowest BCUT2D eigenvalue weighted by atomic mass is 10.0. The smallest absolute Gasteiger partial charge is 0.305 e. The van der Waals surface area contributed by atoms with E-state index in [1.807, 2.05) is 18.2 Å². The molecule has 1 amide bonds. The minimum Gasteiger partial charge on any atom is -0.486 e. The van der Waals surface area contributed by atoms with Crippen LogP contribution in [0.1, 0.15) is 38.7 Å². The number of methoxy groups -OCH3 is 1. The number of carbonyl (C=O) groups is 2. The number of ether oxygens (including phenoxy) is 2. The van der Waals surface area contributed by atoms with E-state index in [1.165, 1.54) is 7.11 Å². The van der Waals surface area contributed by atoms with Crippen LogP contribution in [-0.2, 0) is 20.7 Å². The number of amides is 1. The van der Waals surface area contributed by atoms with E-state index in [4.69, 9.17) is 4.74 Å². The van der Waals surface area contributed by atoms with Crippen molar-refractivity contribution < 1.29 is 19.1 Å². The maximum atomic E-state index is 11.9. The van der Waals surface area contributed by atoms with Crippen LogP contribution in [0.15, 0.2) is 18.2 Å². The Kier molecular flexibility index (Phi) is 5.41. The van der Waals surface area contributed by atoms with Gasteiger partial charge in [-0.3, -0.25) is 9.59 Å². The van der Waals surface area contributed by atoms with E-state index < -0.39 is 0 Å². The number of aryl methyl sites for hydroxylation is 1. The van der Waals surface area contributed by atoms with Crippen molar-refractivity contribution in [3.05, 3.63) is 23.8 Å². The maximum Gasteiger partial charge on any atom is 0.305 e. The summed E-state index contributed by atoms with van der Waals surface area (Å²) in [6.07, 6.45) is 2.80. The molecule has 1 unspecified atom stereocenters. The molecule has 5 heteroatoms. The predicted molar refractivity (Wildman–Crippen MR) is 84.1 cm³/mol. The fourth-order valence-electron chi connectivity index (χ4n) is 2.60. The van der Waals surface area contributed by atoms with Gasteiger partial charge < -0.3 is 14.4 Å². The molecule has 1 atom stereocenters. The molecule has 0 aliphatic carbocycles. The molecule has 0 radical (unpaired) electrons. The lowest BCUT2D eigenvalue weighted by Crippen LogP contribution is -2.42. The Morgan fingerprint density at radius 1 is 1.41 bits per heavy atom. The van der Waals surface area contributed by atoms with Crippen LogP contribution in [0.5, 0.6) is 5.75 Å². The van der Waals surface area contributed by atoms with E-state index >= 15 is 0 Å². The summed E-state index contributed by atoms with van der Waals surface area (Å²) < 4.78 is 10.5. The summed E-state index contributed by atoms with van der Waals surface area (Å²) in [6.45, 7) is 4.21. The summed E-state index contributed by atoms with van der Waals surface area (Å²) in [7, 11) is 1.40. The molecule has 5 nitrogen and oxygen atoms in total. The summed E-state index contributed by atoms with van der Waals surface area (Å²) in [6, 6.07) is 5.90. The van der Waals surface area contributed by atoms with E-state index in [1.54, 1.807) is 11.8 Å². The molecule has 0 fully saturated rings. The van der Waals surface area contributed by atoms with Gasteiger partial charge in [0.15, 0.2) is 0 Å². The van der Waals surface area contributed by atoms with Crippen molar-refractivity contribution in [3.8, 4) is 5.75 Å². The quantitative estimate of drug-likeness (QED) is 0.785. The Morgan fingerprint density at radius 3 is 2.82 bits per heavy atom. The molecular formula is C17H23NO4. The van der Waals surface area contributed by atoms with Crippen molar-refractivity contribution in [1.82, 2.24) is 0 Å². The van der Waals surface area contributed by atoms with Gasteiger partial charge in [-0.25, -0.2) is 0 Å². The van der Waals surface area contributed by atoms with Crippen molar-refractivity contribution in [1.29, 1.82) is 0 Å². The summed E-state index contributed by atoms with van der Waals surface area (Å²) in [5.74, 6) is 0.581. The number of esters is 1. The van der Waals surface area contributed by atoms with Gasteiger partial charge in [-0.05, 0) is 37.0 Å². The normalized spacial score (nSPS) is 16.7. The van der Waals surface area contributed by atoms with E-state index in [2.05, 4.69) is 11.7 Å². The largest absolute Gasteiger partial charge is 0.486 e. The Balaban J connectivity index is 2.13. The van der Waals surface area contributed by atoms with Crippen LogP contribution in [0.2, 0.25) is 0 Å². The van der Waals surface area contributed by atoms with Crippen LogP contribution in [0.25, 0.3) is 0 Å². The SMILES string of the molecule is CCC1CN(C(C)=O)c2cc(CCCC(=O)OC)ccc2O1. The fourth-order valence-corrected chi connectivity index (χ4v) is 2.60. The number of carbonyl (C=O) groups excluding carboxylic acids is 2. The lowest BCUT2D eigenvalue weighted by Gasteiger charge is -2.34. The molecule has 1 heterocycles. The molecule has 120 valence electrons. The molecule has 0 spiro atoms. The zero-order valence-electron chi connectivity index (χ0n) is 13.4. The second kappa shape index (κ2) is 7.29. The molecule has 1 aliphatic rings. The highest BCUT2D eigenvalue weighted by atomic mass is 16.5. The number of rotatable bonds is 5. The third kappa shape index (κ3) is 3.78. The second-order valence-corrected chi connectivity index (χ2v) is 5.51. The van der Waals surface area contributed by atoms with Crippen LogP contribution in [0.4, 0.5) is 5.69 Å². The molecule has 22 heavy (non-hydrogen) atoms. The summed E-state index contributed by atoms with van der Waals surface area (Å²) in [5, 5.41) is 0. The summed E-state index contributed by atoms with van der Waals surface area (Å²) in [4.78, 5) is 24.8. The molecule has 0 N–H and O–H groups in total. The molecule has 1 aromatic carbocycles. The highest BCUT2D eigenvalue weighted by Gasteiger charge is 2.27. The molecule has 2 rings (SSSR count). The van der Waals surface area contributed by atoms with Gasteiger partial charge in [0.05, 0.1) is 19.3 Å². The van der Waals surface area contributed by atoms with Gasteiger partial charge in [-0.1, -0.05) is 13.0 Å². The zero-order valence-corrected chi connectivity index (χ0v) is 13.4. The van der Waals surface area contributed by atoms with Crippen molar-refractivity contribution >= 4 is 17.6 Å². The third-order valence-electron chi connectivity index (χ3n) is 3.90. The van der Waals surface area contributed by atoms with Gasteiger partial charge in [0.25, 0.3) is 0 Å². The lowest BCUT2D eigenvalue weighted by molar-refractivity contribution is -0.140. The van der Waals surface area contributed by atoms with E-state index in [0.717, 1.165) is 36.3 Å². The number of fused-ring (bicyclic) bond motifs is 1. The Bertz CT molecular complexity index is 556. The summed E-state index contributed by atoms with van der Waals surface area (Å²) >= 11 is 0. The molecule has 0 saturated heterocycles. The number of benzene rings is 1. The number of nitrogens with zero attached hydrogens (tertiary/aromatic N) is 1. The number of anilines is 1. The van der Waals surface area contributed by atoms with Gasteiger partial charge in [-0.15, -0.1) is 0 Å². The molecule has 0 aromatic heterocycles. The average Bonchev–Trinajstić information content (AvgIpc) is 2.53. The summed E-state index contributed by atoms with van der Waals surface area (Å²) in [5.41, 5.74) is 1.92. The van der Waals surface area contributed by atoms with Crippen molar-refractivity contribution in [3.63, 3.8) is 0 Å². The van der Waals surface area contributed by atoms with Crippen LogP contribution in [-0.4, -0.2) is 31.6 Å². The highest BCUT2D eigenvalue weighted by Crippen LogP contribution is 2.35. The van der Waals surface area contributed by atoms with Crippen molar-refractivity contribution in [2.45, 2.75) is 45.6 Å². The maximum absolute atomic E-state index is 11.9. The third-order valence-corrected chi connectivity index (χ3v) is 3.90. The van der Waals surface area contributed by atoms with Crippen molar-refractivity contribution in [2.75, 3.05) is 18.6 Å². The predicted octanol–water partition coefficient (Wildman–Crippen LogP) is 2.71. The van der Waals surface area contributed by atoms with Crippen LogP contribution in [0.3, 0.4) is 0 Å². The molecule has 0 bridgehead atoms. The highest BCUT2D eigenvalue weighted by molar-refractivity contribution is 5.93. The Hall–Kier alpha value is -2.04. The second-order valence-electron chi connectivity index (χ2n) is 5.51. The minimum atomic E-state index is -0.197. The first-order valence-corrected chi connectivity index (χ1v) is 7.69. The zero-order chi connectivity index (χ0) is 16.1. The molecule has 0 saturated carbocycles. The first kappa shape index (κ1) is 16.3. The monoisotopic (exact) mass is 305 g/mol. The van der Waals surface area contributed by atoms with Crippen molar-refractivity contribution in [2.24, 2.45) is 0 Å². The van der Waals surface area contributed by atoms with E-state index in [0.29, 0.717) is 13.0 Å². The topological polar surface area (TPSA) is 55.8 Å². The van der Waals surface area contributed by atoms with Crippen LogP contribution in [0, 0.1) is 0 Å². The standard InChI is InChI=1S/C17H23NO4/c1-4-14-11-18(12(2)19)15-10-13(8-9-16(15)22-14)6-5-7-17(20)21-3/h8-10,14H,4-7,11H2,1-3H3. The van der Waals surface area contributed by atoms with E-state index in [9.17, 15) is 9.59 Å². The van der Waals surface area contributed by atoms with Gasteiger partial charge in [0.2, 0.25) is 5.91 Å². The Labute approximate surface area is 131 Å². The van der Waals surface area contributed by atoms with Gasteiger partial charge >= 0.3 is 5.97 Å². The number of hydrogen-bond donors (Lipinski definition) is 0. The fraction of sp³-hybridized carbons (Fsp3) is 0.529. The number of hydrogen-bond acceptors (Lipinski definition) is 4. The molecule has 1 aliphatic heterocycles. The molecule has 1 aromatic rings. The first-order chi connectivity index (χ1) is 10.5.